The Bertz CT molecular complexity index is 1120. The van der Waals surface area contributed by atoms with Gasteiger partial charge in [0, 0.05) is 21.2 Å². The van der Waals surface area contributed by atoms with Crippen LogP contribution in [0.2, 0.25) is 5.02 Å². The van der Waals surface area contributed by atoms with Crippen LogP contribution in [0, 0.1) is 13.8 Å². The lowest BCUT2D eigenvalue weighted by molar-refractivity contribution is -0.116. The number of ether oxygens (including phenoxy) is 3. The van der Waals surface area contributed by atoms with Crippen LogP contribution in [0.25, 0.3) is 0 Å². The molecule has 0 radical (unpaired) electrons. The molecule has 0 aliphatic carbocycles. The van der Waals surface area contributed by atoms with Crippen LogP contribution >= 0.6 is 23.4 Å². The van der Waals surface area contributed by atoms with Crippen LogP contribution in [-0.4, -0.2) is 27.2 Å². The molecule has 0 aromatic heterocycles. The molecule has 0 saturated heterocycles. The van der Waals surface area contributed by atoms with Gasteiger partial charge in [-0.05, 0) is 67.8 Å². The molecule has 0 atom stereocenters. The SMILES string of the molecule is COc1cc(CCC(=O)Nc2cc(Cl)ccc2Sc2ccc(C)cc2C)cc(OC)c1OC. The Balaban J connectivity index is 1.74. The van der Waals surface area contributed by atoms with Gasteiger partial charge < -0.3 is 19.5 Å². The molecule has 33 heavy (non-hydrogen) atoms. The fourth-order valence-corrected chi connectivity index (χ4v) is 4.59. The van der Waals surface area contributed by atoms with E-state index in [1.807, 2.05) is 24.3 Å². The molecule has 5 nitrogen and oxygen atoms in total. The van der Waals surface area contributed by atoms with Crippen molar-refractivity contribution in [3.05, 3.63) is 70.2 Å². The van der Waals surface area contributed by atoms with Crippen molar-refractivity contribution in [1.29, 1.82) is 0 Å². The minimum Gasteiger partial charge on any atom is -0.493 e. The van der Waals surface area contributed by atoms with Crippen LogP contribution in [0.4, 0.5) is 5.69 Å². The van der Waals surface area contributed by atoms with Gasteiger partial charge in [-0.15, -0.1) is 0 Å². The van der Waals surface area contributed by atoms with Crippen molar-refractivity contribution in [1.82, 2.24) is 0 Å². The minimum atomic E-state index is -0.103. The number of rotatable bonds is 9. The summed E-state index contributed by atoms with van der Waals surface area (Å²) in [5, 5.41) is 3.59. The maximum atomic E-state index is 12.8. The number of aryl methyl sites for hydroxylation is 3. The first kappa shape index (κ1) is 24.8. The molecule has 0 unspecified atom stereocenters. The van der Waals surface area contributed by atoms with Gasteiger partial charge in [-0.25, -0.2) is 0 Å². The first-order valence-corrected chi connectivity index (χ1v) is 11.7. The monoisotopic (exact) mass is 485 g/mol. The molecule has 1 N–H and O–H groups in total. The smallest absolute Gasteiger partial charge is 0.224 e. The van der Waals surface area contributed by atoms with Gasteiger partial charge in [0.05, 0.1) is 27.0 Å². The first-order valence-electron chi connectivity index (χ1n) is 10.5. The highest BCUT2D eigenvalue weighted by molar-refractivity contribution is 7.99. The number of benzene rings is 3. The lowest BCUT2D eigenvalue weighted by Crippen LogP contribution is -2.13. The Morgan fingerprint density at radius 3 is 2.18 bits per heavy atom. The summed E-state index contributed by atoms with van der Waals surface area (Å²) in [7, 11) is 4.70. The Hall–Kier alpha value is -2.83. The van der Waals surface area contributed by atoms with Crippen molar-refractivity contribution >= 4 is 35.0 Å². The number of halogens is 1. The van der Waals surface area contributed by atoms with E-state index in [0.29, 0.717) is 40.8 Å². The van der Waals surface area contributed by atoms with Gasteiger partial charge in [-0.2, -0.15) is 0 Å². The van der Waals surface area contributed by atoms with Gasteiger partial charge in [-0.3, -0.25) is 4.79 Å². The summed E-state index contributed by atoms with van der Waals surface area (Å²) in [6.45, 7) is 4.16. The van der Waals surface area contributed by atoms with E-state index in [0.717, 1.165) is 15.4 Å². The Labute approximate surface area is 204 Å². The van der Waals surface area contributed by atoms with E-state index in [-0.39, 0.29) is 5.91 Å². The number of carbonyl (C=O) groups is 1. The van der Waals surface area contributed by atoms with Crippen LogP contribution in [0.15, 0.2) is 58.3 Å². The van der Waals surface area contributed by atoms with Gasteiger partial charge in [0.1, 0.15) is 0 Å². The third-order valence-electron chi connectivity index (χ3n) is 5.13. The van der Waals surface area contributed by atoms with Crippen molar-refractivity contribution in [3.8, 4) is 17.2 Å². The van der Waals surface area contributed by atoms with Crippen molar-refractivity contribution in [2.45, 2.75) is 36.5 Å². The van der Waals surface area contributed by atoms with Crippen LogP contribution < -0.4 is 19.5 Å². The Kier molecular flexibility index (Phi) is 8.53. The second kappa shape index (κ2) is 11.3. The molecule has 0 spiro atoms. The summed E-state index contributed by atoms with van der Waals surface area (Å²) < 4.78 is 16.2. The molecule has 3 aromatic rings. The number of amides is 1. The highest BCUT2D eigenvalue weighted by Crippen LogP contribution is 2.39. The van der Waals surface area contributed by atoms with Crippen molar-refractivity contribution in [2.75, 3.05) is 26.6 Å². The van der Waals surface area contributed by atoms with Crippen LogP contribution in [0.1, 0.15) is 23.1 Å². The van der Waals surface area contributed by atoms with Crippen LogP contribution in [0.5, 0.6) is 17.2 Å². The Morgan fingerprint density at radius 2 is 1.58 bits per heavy atom. The van der Waals surface area contributed by atoms with Crippen LogP contribution in [-0.2, 0) is 11.2 Å². The third kappa shape index (κ3) is 6.36. The zero-order valence-electron chi connectivity index (χ0n) is 19.5. The third-order valence-corrected chi connectivity index (χ3v) is 6.62. The lowest BCUT2D eigenvalue weighted by atomic mass is 10.1. The molecule has 0 fully saturated rings. The van der Waals surface area contributed by atoms with Gasteiger partial charge in [0.25, 0.3) is 0 Å². The summed E-state index contributed by atoms with van der Waals surface area (Å²) >= 11 is 7.83. The van der Waals surface area contributed by atoms with E-state index < -0.39 is 0 Å². The second-order valence-corrected chi connectivity index (χ2v) is 9.11. The molecule has 0 bridgehead atoms. The van der Waals surface area contributed by atoms with E-state index in [9.17, 15) is 4.79 Å². The van der Waals surface area contributed by atoms with E-state index in [4.69, 9.17) is 25.8 Å². The van der Waals surface area contributed by atoms with E-state index in [1.54, 1.807) is 39.2 Å². The molecule has 0 saturated carbocycles. The normalized spacial score (nSPS) is 10.6. The number of hydrogen-bond donors (Lipinski definition) is 1. The highest BCUT2D eigenvalue weighted by atomic mass is 35.5. The summed E-state index contributed by atoms with van der Waals surface area (Å²) in [5.74, 6) is 1.55. The van der Waals surface area contributed by atoms with Gasteiger partial charge in [-0.1, -0.05) is 41.1 Å². The summed E-state index contributed by atoms with van der Waals surface area (Å²) in [6, 6.07) is 15.6. The molecule has 174 valence electrons. The fourth-order valence-electron chi connectivity index (χ4n) is 3.47. The topological polar surface area (TPSA) is 56.8 Å². The standard InChI is InChI=1S/C26H28ClNO4S/c1-16-6-9-23(17(2)12-16)33-24-10-8-19(27)15-20(24)28-25(29)11-7-18-13-21(30-3)26(32-5)22(14-18)31-4/h6,8-10,12-15H,7,11H2,1-5H3,(H,28,29). The van der Waals surface area contributed by atoms with E-state index in [1.165, 1.54) is 11.1 Å². The van der Waals surface area contributed by atoms with Crippen molar-refractivity contribution in [2.24, 2.45) is 0 Å². The molecule has 0 aliphatic heterocycles. The number of nitrogens with one attached hydrogen (secondary N) is 1. The molecular weight excluding hydrogens is 458 g/mol. The molecule has 0 heterocycles. The predicted molar refractivity (Wildman–Crippen MR) is 135 cm³/mol. The quantitative estimate of drug-likeness (QED) is 0.365. The van der Waals surface area contributed by atoms with Crippen molar-refractivity contribution < 1.29 is 19.0 Å². The first-order chi connectivity index (χ1) is 15.8. The average molecular weight is 486 g/mol. The maximum Gasteiger partial charge on any atom is 0.224 e. The second-order valence-electron chi connectivity index (χ2n) is 7.59. The minimum absolute atomic E-state index is 0.103. The van der Waals surface area contributed by atoms with Crippen LogP contribution in [0.3, 0.4) is 0 Å². The van der Waals surface area contributed by atoms with Gasteiger partial charge in [0.15, 0.2) is 11.5 Å². The van der Waals surface area contributed by atoms with Gasteiger partial charge >= 0.3 is 0 Å². The maximum absolute atomic E-state index is 12.8. The predicted octanol–water partition coefficient (Wildman–Crippen LogP) is 6.71. The lowest BCUT2D eigenvalue weighted by Gasteiger charge is -2.15. The van der Waals surface area contributed by atoms with E-state index >= 15 is 0 Å². The zero-order chi connectivity index (χ0) is 24.0. The molecule has 1 amide bonds. The van der Waals surface area contributed by atoms with Gasteiger partial charge in [0.2, 0.25) is 11.7 Å². The molecular formula is C26H28ClNO4S. The van der Waals surface area contributed by atoms with E-state index in [2.05, 4.69) is 37.4 Å². The average Bonchev–Trinajstić information content (AvgIpc) is 2.80. The molecule has 3 rings (SSSR count). The number of methoxy groups -OCH3 is 3. The number of anilines is 1. The molecule has 3 aromatic carbocycles. The highest BCUT2D eigenvalue weighted by Gasteiger charge is 2.15. The Morgan fingerprint density at radius 1 is 0.909 bits per heavy atom. The zero-order valence-corrected chi connectivity index (χ0v) is 21.0. The fraction of sp³-hybridized carbons (Fsp3) is 0.269. The van der Waals surface area contributed by atoms with Crippen molar-refractivity contribution in [3.63, 3.8) is 0 Å². The molecule has 0 aliphatic rings. The number of carbonyl (C=O) groups excluding carboxylic acids is 1. The molecule has 7 heteroatoms. The summed E-state index contributed by atoms with van der Waals surface area (Å²) in [4.78, 5) is 14.9. The summed E-state index contributed by atoms with van der Waals surface area (Å²) in [6.07, 6.45) is 0.807. The largest absolute Gasteiger partial charge is 0.493 e. The summed E-state index contributed by atoms with van der Waals surface area (Å²) in [5.41, 5.74) is 4.01. The number of hydrogen-bond acceptors (Lipinski definition) is 5.